The lowest BCUT2D eigenvalue weighted by molar-refractivity contribution is 0.149. The molecule has 0 saturated carbocycles. The zero-order valence-electron chi connectivity index (χ0n) is 10.1. The lowest BCUT2D eigenvalue weighted by atomic mass is 10.1. The summed E-state index contributed by atoms with van der Waals surface area (Å²) < 4.78 is 5.37. The number of hydrogen-bond donors (Lipinski definition) is 0. The van der Waals surface area contributed by atoms with E-state index in [4.69, 9.17) is 4.74 Å². The molecule has 0 aromatic carbocycles. The van der Waals surface area contributed by atoms with E-state index < -0.39 is 0 Å². The molecule has 0 bridgehead atoms. The Morgan fingerprint density at radius 3 is 2.00 bits per heavy atom. The zero-order valence-corrected chi connectivity index (χ0v) is 10.1. The summed E-state index contributed by atoms with van der Waals surface area (Å²) in [6.07, 6.45) is 13.1. The predicted octanol–water partition coefficient (Wildman–Crippen LogP) is 4.37. The largest absolute Gasteiger partial charge is 0.381 e. The van der Waals surface area contributed by atoms with Gasteiger partial charge in [0, 0.05) is 13.2 Å². The minimum Gasteiger partial charge on any atom is -0.381 e. The van der Waals surface area contributed by atoms with Gasteiger partial charge in [-0.2, -0.15) is 0 Å². The minimum absolute atomic E-state index is 0.816. The first-order valence-corrected chi connectivity index (χ1v) is 6.27. The maximum Gasteiger partial charge on any atom is 0.0495 e. The summed E-state index contributed by atoms with van der Waals surface area (Å²) in [7, 11) is 0. The second-order valence-corrected chi connectivity index (χ2v) is 3.96. The van der Waals surface area contributed by atoms with Gasteiger partial charge in [0.2, 0.25) is 0 Å². The number of unbranched alkanes of at least 4 members (excludes halogenated alkanes) is 7. The van der Waals surface area contributed by atoms with E-state index in [1.165, 1.54) is 51.4 Å². The van der Waals surface area contributed by atoms with Crippen molar-refractivity contribution >= 4 is 0 Å². The Morgan fingerprint density at radius 2 is 1.43 bits per heavy atom. The summed E-state index contributed by atoms with van der Waals surface area (Å²) in [5.41, 5.74) is 0. The van der Waals surface area contributed by atoms with Crippen LogP contribution in [0.3, 0.4) is 0 Å². The van der Waals surface area contributed by atoms with Crippen molar-refractivity contribution in [3.05, 3.63) is 6.42 Å². The van der Waals surface area contributed by atoms with Gasteiger partial charge in [-0.25, -0.2) is 0 Å². The third-order valence-corrected chi connectivity index (χ3v) is 2.43. The highest BCUT2D eigenvalue weighted by Gasteiger charge is 1.91. The molecule has 1 nitrogen and oxygen atoms in total. The van der Waals surface area contributed by atoms with Crippen molar-refractivity contribution in [2.75, 3.05) is 13.2 Å². The van der Waals surface area contributed by atoms with E-state index in [9.17, 15) is 0 Å². The smallest absolute Gasteiger partial charge is 0.0495 e. The first-order valence-electron chi connectivity index (χ1n) is 6.27. The molecule has 0 aliphatic carbocycles. The molecular weight excluding hydrogens is 172 g/mol. The second-order valence-electron chi connectivity index (χ2n) is 3.96. The third kappa shape index (κ3) is 12.0. The Labute approximate surface area is 90.2 Å². The topological polar surface area (TPSA) is 9.23 Å². The average molecular weight is 199 g/mol. The van der Waals surface area contributed by atoms with E-state index in [-0.39, 0.29) is 0 Å². The predicted molar refractivity (Wildman–Crippen MR) is 63.4 cm³/mol. The molecule has 0 atom stereocenters. The van der Waals surface area contributed by atoms with Crippen molar-refractivity contribution in [1.82, 2.24) is 0 Å². The maximum atomic E-state index is 5.37. The molecule has 1 radical (unpaired) electrons. The normalized spacial score (nSPS) is 10.7. The van der Waals surface area contributed by atoms with E-state index in [2.05, 4.69) is 13.3 Å². The summed E-state index contributed by atoms with van der Waals surface area (Å²) >= 11 is 0. The molecule has 0 amide bonds. The van der Waals surface area contributed by atoms with Crippen LogP contribution in [0.2, 0.25) is 0 Å². The average Bonchev–Trinajstić information content (AvgIpc) is 2.21. The summed E-state index contributed by atoms with van der Waals surface area (Å²) in [5.74, 6) is 0. The molecule has 0 saturated heterocycles. The molecule has 0 aliphatic rings. The first-order chi connectivity index (χ1) is 6.91. The van der Waals surface area contributed by atoms with Crippen LogP contribution in [0.25, 0.3) is 0 Å². The Balaban J connectivity index is 2.78. The van der Waals surface area contributed by atoms with Gasteiger partial charge in [0.05, 0.1) is 0 Å². The summed E-state index contributed by atoms with van der Waals surface area (Å²) in [4.78, 5) is 0. The standard InChI is InChI=1S/C13H27O/c1-3-5-6-7-8-9-10-11-13-14-12-4-2/h4H,3,5-13H2,1-2H3. The molecule has 0 spiro atoms. The molecule has 1 heteroatoms. The molecule has 0 unspecified atom stereocenters. The molecule has 14 heavy (non-hydrogen) atoms. The third-order valence-electron chi connectivity index (χ3n) is 2.43. The van der Waals surface area contributed by atoms with Crippen LogP contribution in [0, 0.1) is 6.42 Å². The van der Waals surface area contributed by atoms with Gasteiger partial charge in [-0.05, 0) is 12.8 Å². The van der Waals surface area contributed by atoms with Gasteiger partial charge in [0.25, 0.3) is 0 Å². The summed E-state index contributed by atoms with van der Waals surface area (Å²) in [5, 5.41) is 0. The van der Waals surface area contributed by atoms with Crippen molar-refractivity contribution in [3.63, 3.8) is 0 Å². The van der Waals surface area contributed by atoms with E-state index in [1.807, 2.05) is 6.92 Å². The molecular formula is C13H27O. The van der Waals surface area contributed by atoms with Gasteiger partial charge in [0.1, 0.15) is 0 Å². The Morgan fingerprint density at radius 1 is 0.857 bits per heavy atom. The zero-order chi connectivity index (χ0) is 10.5. The van der Waals surface area contributed by atoms with Crippen LogP contribution < -0.4 is 0 Å². The van der Waals surface area contributed by atoms with Gasteiger partial charge in [-0.3, -0.25) is 0 Å². The van der Waals surface area contributed by atoms with Crippen molar-refractivity contribution in [2.45, 2.75) is 65.2 Å². The lowest BCUT2D eigenvalue weighted by Crippen LogP contribution is -1.95. The summed E-state index contributed by atoms with van der Waals surface area (Å²) in [6, 6.07) is 0. The first kappa shape index (κ1) is 14.0. The van der Waals surface area contributed by atoms with Crippen LogP contribution in [0.4, 0.5) is 0 Å². The summed E-state index contributed by atoms with van der Waals surface area (Å²) in [6.45, 7) is 6.06. The Hall–Kier alpha value is -0.0400. The highest BCUT2D eigenvalue weighted by Crippen LogP contribution is 2.08. The van der Waals surface area contributed by atoms with E-state index in [1.54, 1.807) is 0 Å². The van der Waals surface area contributed by atoms with Crippen LogP contribution in [-0.2, 0) is 4.74 Å². The molecule has 0 fully saturated rings. The van der Waals surface area contributed by atoms with Gasteiger partial charge in [-0.1, -0.05) is 58.8 Å². The van der Waals surface area contributed by atoms with Crippen LogP contribution in [0.1, 0.15) is 65.2 Å². The van der Waals surface area contributed by atoms with Crippen LogP contribution in [0.5, 0.6) is 0 Å². The molecule has 0 aromatic rings. The number of hydrogen-bond acceptors (Lipinski definition) is 1. The monoisotopic (exact) mass is 199 g/mol. The molecule has 0 aromatic heterocycles. The van der Waals surface area contributed by atoms with E-state index in [0.717, 1.165) is 13.2 Å². The van der Waals surface area contributed by atoms with E-state index >= 15 is 0 Å². The number of ether oxygens (including phenoxy) is 1. The highest BCUT2D eigenvalue weighted by atomic mass is 16.5. The van der Waals surface area contributed by atoms with Crippen LogP contribution >= 0.6 is 0 Å². The minimum atomic E-state index is 0.816. The van der Waals surface area contributed by atoms with Gasteiger partial charge in [0.15, 0.2) is 0 Å². The van der Waals surface area contributed by atoms with Gasteiger partial charge < -0.3 is 4.74 Å². The Kier molecular flexibility index (Phi) is 12.9. The SMILES string of the molecule is C[CH]COCCCCCCCCCC. The fraction of sp³-hybridized carbons (Fsp3) is 0.923. The number of rotatable bonds is 11. The fourth-order valence-electron chi connectivity index (χ4n) is 1.54. The van der Waals surface area contributed by atoms with E-state index in [0.29, 0.717) is 0 Å². The van der Waals surface area contributed by atoms with Crippen LogP contribution in [0.15, 0.2) is 0 Å². The van der Waals surface area contributed by atoms with Crippen LogP contribution in [-0.4, -0.2) is 13.2 Å². The lowest BCUT2D eigenvalue weighted by Gasteiger charge is -2.02. The van der Waals surface area contributed by atoms with Gasteiger partial charge in [-0.15, -0.1) is 0 Å². The molecule has 0 aliphatic heterocycles. The Bertz CT molecular complexity index is 79.2. The van der Waals surface area contributed by atoms with Crippen molar-refractivity contribution in [2.24, 2.45) is 0 Å². The second kappa shape index (κ2) is 13.0. The quantitative estimate of drug-likeness (QED) is 0.449. The maximum absolute atomic E-state index is 5.37. The molecule has 0 N–H and O–H groups in total. The highest BCUT2D eigenvalue weighted by molar-refractivity contribution is 4.51. The fourth-order valence-corrected chi connectivity index (χ4v) is 1.54. The van der Waals surface area contributed by atoms with Gasteiger partial charge >= 0.3 is 0 Å². The molecule has 0 heterocycles. The molecule has 85 valence electrons. The molecule has 0 rings (SSSR count). The van der Waals surface area contributed by atoms with Crippen molar-refractivity contribution < 1.29 is 4.74 Å². The van der Waals surface area contributed by atoms with Crippen molar-refractivity contribution in [3.8, 4) is 0 Å². The van der Waals surface area contributed by atoms with Crippen molar-refractivity contribution in [1.29, 1.82) is 0 Å².